The third-order valence-corrected chi connectivity index (χ3v) is 7.17. The average Bonchev–Trinajstić information content (AvgIpc) is 3.30. The van der Waals surface area contributed by atoms with Gasteiger partial charge in [0.1, 0.15) is 17.0 Å². The van der Waals surface area contributed by atoms with Gasteiger partial charge in [-0.15, -0.1) is 11.3 Å². The Bertz CT molecular complexity index is 957. The molecule has 10 nitrogen and oxygen atoms in total. The smallest absolute Gasteiger partial charge is 0.350 e. The van der Waals surface area contributed by atoms with Gasteiger partial charge in [-0.1, -0.05) is 20.8 Å². The third kappa shape index (κ3) is 5.35. The number of anilines is 1. The van der Waals surface area contributed by atoms with Crippen molar-refractivity contribution in [3.05, 3.63) is 16.3 Å². The van der Waals surface area contributed by atoms with Crippen molar-refractivity contribution in [2.75, 3.05) is 25.6 Å². The highest BCUT2D eigenvalue weighted by Gasteiger charge is 2.53. The molecule has 1 saturated carbocycles. The molecular weight excluding hydrogens is 450 g/mol. The molecule has 0 atom stereocenters. The summed E-state index contributed by atoms with van der Waals surface area (Å²) in [6.07, 6.45) is 2.67. The second-order valence-corrected chi connectivity index (χ2v) is 10.3. The standard InChI is InChI=1S/C22H29N3O7S/c1-21(2,3)13-5-8-22(9-6-13)19(29)25(20(30)24-22)11-16(27)32-12-15(26)23-14-7-10-33-17(14)18(28)31-4/h7,10,13H,5-6,8-9,11-12H2,1-4H3,(H,23,26)(H,24,30). The fourth-order valence-corrected chi connectivity index (χ4v) is 5.07. The van der Waals surface area contributed by atoms with Gasteiger partial charge in [0.05, 0.1) is 12.8 Å². The van der Waals surface area contributed by atoms with Gasteiger partial charge in [-0.25, -0.2) is 9.59 Å². The first kappa shape index (κ1) is 24.7. The number of nitrogens with zero attached hydrogens (tertiary/aromatic N) is 1. The van der Waals surface area contributed by atoms with Gasteiger partial charge < -0.3 is 20.1 Å². The van der Waals surface area contributed by atoms with Gasteiger partial charge in [-0.3, -0.25) is 19.3 Å². The normalized spacial score (nSPS) is 22.8. The zero-order chi connectivity index (χ0) is 24.4. The molecule has 1 aromatic rings. The van der Waals surface area contributed by atoms with Gasteiger partial charge in [0.2, 0.25) is 0 Å². The summed E-state index contributed by atoms with van der Waals surface area (Å²) in [5, 5.41) is 6.85. The van der Waals surface area contributed by atoms with Crippen LogP contribution in [0.1, 0.15) is 56.1 Å². The highest BCUT2D eigenvalue weighted by molar-refractivity contribution is 7.12. The van der Waals surface area contributed by atoms with Gasteiger partial charge in [-0.2, -0.15) is 0 Å². The van der Waals surface area contributed by atoms with Crippen molar-refractivity contribution < 1.29 is 33.4 Å². The molecule has 2 fully saturated rings. The monoisotopic (exact) mass is 479 g/mol. The van der Waals surface area contributed by atoms with Crippen LogP contribution >= 0.6 is 11.3 Å². The first-order valence-corrected chi connectivity index (χ1v) is 11.6. The number of ether oxygens (including phenoxy) is 2. The minimum absolute atomic E-state index is 0.123. The molecule has 2 N–H and O–H groups in total. The molecule has 4 amide bonds. The van der Waals surface area contributed by atoms with E-state index in [2.05, 4.69) is 36.1 Å². The van der Waals surface area contributed by atoms with Gasteiger partial charge >= 0.3 is 18.0 Å². The van der Waals surface area contributed by atoms with Gasteiger partial charge in [0.25, 0.3) is 11.8 Å². The summed E-state index contributed by atoms with van der Waals surface area (Å²) >= 11 is 1.10. The van der Waals surface area contributed by atoms with Crippen molar-refractivity contribution >= 4 is 46.8 Å². The van der Waals surface area contributed by atoms with E-state index in [0.29, 0.717) is 18.8 Å². The number of urea groups is 1. The lowest BCUT2D eigenvalue weighted by Gasteiger charge is -2.40. The number of rotatable bonds is 6. The van der Waals surface area contributed by atoms with Crippen molar-refractivity contribution in [2.24, 2.45) is 11.3 Å². The van der Waals surface area contributed by atoms with E-state index in [1.165, 1.54) is 13.2 Å². The maximum absolute atomic E-state index is 13.0. The van der Waals surface area contributed by atoms with Crippen molar-refractivity contribution in [1.82, 2.24) is 10.2 Å². The Morgan fingerprint density at radius 3 is 2.52 bits per heavy atom. The maximum atomic E-state index is 13.0. The van der Waals surface area contributed by atoms with E-state index < -0.39 is 48.5 Å². The Balaban J connectivity index is 1.51. The fourth-order valence-electron chi connectivity index (χ4n) is 4.30. The first-order valence-electron chi connectivity index (χ1n) is 10.7. The summed E-state index contributed by atoms with van der Waals surface area (Å²) in [6, 6.07) is 0.897. The van der Waals surface area contributed by atoms with Crippen LogP contribution in [0, 0.1) is 11.3 Å². The van der Waals surface area contributed by atoms with Crippen molar-refractivity contribution in [3.8, 4) is 0 Å². The first-order chi connectivity index (χ1) is 15.5. The Labute approximate surface area is 196 Å². The summed E-state index contributed by atoms with van der Waals surface area (Å²) in [6.45, 7) is 5.29. The van der Waals surface area contributed by atoms with Crippen LogP contribution in [0.15, 0.2) is 11.4 Å². The number of hydrogen-bond donors (Lipinski definition) is 2. The zero-order valence-corrected chi connectivity index (χ0v) is 20.0. The number of imide groups is 1. The largest absolute Gasteiger partial charge is 0.465 e. The topological polar surface area (TPSA) is 131 Å². The number of hydrogen-bond acceptors (Lipinski definition) is 8. The Hall–Kier alpha value is -2.95. The van der Waals surface area contributed by atoms with E-state index >= 15 is 0 Å². The quantitative estimate of drug-likeness (QED) is 0.473. The highest BCUT2D eigenvalue weighted by atomic mass is 32.1. The summed E-state index contributed by atoms with van der Waals surface area (Å²) in [7, 11) is 1.23. The molecule has 11 heteroatoms. The summed E-state index contributed by atoms with van der Waals surface area (Å²) in [5.41, 5.74) is -0.604. The van der Waals surface area contributed by atoms with Crippen molar-refractivity contribution in [1.29, 1.82) is 0 Å². The minimum atomic E-state index is -0.972. The third-order valence-electron chi connectivity index (χ3n) is 6.27. The number of carbonyl (C=O) groups excluding carboxylic acids is 5. The fraction of sp³-hybridized carbons (Fsp3) is 0.591. The molecule has 0 aromatic carbocycles. The van der Waals surface area contributed by atoms with Crippen LogP contribution in [0.3, 0.4) is 0 Å². The number of esters is 2. The number of amides is 4. The van der Waals surface area contributed by atoms with E-state index in [1.54, 1.807) is 5.38 Å². The molecule has 0 unspecified atom stereocenters. The SMILES string of the molecule is COC(=O)c1sccc1NC(=O)COC(=O)CN1C(=O)NC2(CCC(C(C)(C)C)CC2)C1=O. The molecule has 1 spiro atoms. The molecule has 33 heavy (non-hydrogen) atoms. The molecule has 1 saturated heterocycles. The van der Waals surface area contributed by atoms with E-state index in [0.717, 1.165) is 29.1 Å². The number of nitrogens with one attached hydrogen (secondary N) is 2. The van der Waals surface area contributed by atoms with Crippen LogP contribution < -0.4 is 10.6 Å². The average molecular weight is 480 g/mol. The second-order valence-electron chi connectivity index (χ2n) is 9.41. The van der Waals surface area contributed by atoms with E-state index in [9.17, 15) is 24.0 Å². The Morgan fingerprint density at radius 1 is 1.24 bits per heavy atom. The molecule has 3 rings (SSSR count). The number of methoxy groups -OCH3 is 1. The van der Waals surface area contributed by atoms with E-state index in [4.69, 9.17) is 4.74 Å². The Kier molecular flexibility index (Phi) is 7.11. The molecule has 2 aliphatic rings. The van der Waals surface area contributed by atoms with Crippen LogP contribution in [-0.2, 0) is 23.9 Å². The van der Waals surface area contributed by atoms with Crippen LogP contribution in [-0.4, -0.2) is 60.5 Å². The minimum Gasteiger partial charge on any atom is -0.465 e. The van der Waals surface area contributed by atoms with Gasteiger partial charge in [0, 0.05) is 0 Å². The van der Waals surface area contributed by atoms with Gasteiger partial charge in [-0.05, 0) is 48.5 Å². The predicted octanol–water partition coefficient (Wildman–Crippen LogP) is 2.54. The highest BCUT2D eigenvalue weighted by Crippen LogP contribution is 2.43. The molecule has 0 radical (unpaired) electrons. The lowest BCUT2D eigenvalue weighted by Crippen LogP contribution is -2.50. The lowest BCUT2D eigenvalue weighted by atomic mass is 9.67. The number of carbonyl (C=O) groups is 5. The summed E-state index contributed by atoms with van der Waals surface area (Å²) in [4.78, 5) is 62.5. The molecule has 2 heterocycles. The van der Waals surface area contributed by atoms with E-state index in [1.807, 2.05) is 0 Å². The van der Waals surface area contributed by atoms with Crippen LogP contribution in [0.25, 0.3) is 0 Å². The summed E-state index contributed by atoms with van der Waals surface area (Å²) in [5.74, 6) is -2.12. The number of thiophene rings is 1. The molecule has 1 aliphatic heterocycles. The summed E-state index contributed by atoms with van der Waals surface area (Å²) < 4.78 is 9.58. The molecule has 180 valence electrons. The molecule has 0 bridgehead atoms. The van der Waals surface area contributed by atoms with Crippen LogP contribution in [0.2, 0.25) is 0 Å². The molecule has 1 aromatic heterocycles. The Morgan fingerprint density at radius 2 is 1.91 bits per heavy atom. The molecular formula is C22H29N3O7S. The second kappa shape index (κ2) is 9.50. The molecule has 1 aliphatic carbocycles. The van der Waals surface area contributed by atoms with Crippen molar-refractivity contribution in [3.63, 3.8) is 0 Å². The predicted molar refractivity (Wildman–Crippen MR) is 120 cm³/mol. The maximum Gasteiger partial charge on any atom is 0.350 e. The van der Waals surface area contributed by atoms with Crippen molar-refractivity contribution in [2.45, 2.75) is 52.0 Å². The van der Waals surface area contributed by atoms with Crippen LogP contribution in [0.4, 0.5) is 10.5 Å². The lowest BCUT2D eigenvalue weighted by molar-refractivity contribution is -0.150. The zero-order valence-electron chi connectivity index (χ0n) is 19.2. The van der Waals surface area contributed by atoms with Crippen LogP contribution in [0.5, 0.6) is 0 Å². The van der Waals surface area contributed by atoms with Gasteiger partial charge in [0.15, 0.2) is 6.61 Å². The van der Waals surface area contributed by atoms with E-state index in [-0.39, 0.29) is 16.0 Å².